The predicted octanol–water partition coefficient (Wildman–Crippen LogP) is 13.7. The standard InChI is InChI=1S/C46H28S/c1-2-12-30-25-34(24-23-29(30)11-1)31-15-9-16-35(26-31)44-36-17-5-7-19-38(36)45(39-20-8-6-18-37(39)44)40-21-10-22-42-46(40)41-27-32-13-3-4-14-33(32)28-43(41)47-42/h1-28H. The first-order chi connectivity index (χ1) is 23.3. The molecule has 0 saturated carbocycles. The lowest BCUT2D eigenvalue weighted by Crippen LogP contribution is -1.91. The Morgan fingerprint density at radius 1 is 0.298 bits per heavy atom. The average molecular weight is 613 g/mol. The zero-order valence-electron chi connectivity index (χ0n) is 25.6. The molecule has 1 heteroatoms. The van der Waals surface area contributed by atoms with Crippen molar-refractivity contribution in [2.75, 3.05) is 0 Å². The van der Waals surface area contributed by atoms with Gasteiger partial charge in [0.25, 0.3) is 0 Å². The first kappa shape index (κ1) is 26.5. The Bertz CT molecular complexity index is 2800. The second-order valence-corrected chi connectivity index (χ2v) is 13.5. The third-order valence-electron chi connectivity index (χ3n) is 9.80. The average Bonchev–Trinajstić information content (AvgIpc) is 3.50. The molecule has 218 valence electrons. The molecule has 10 aromatic rings. The van der Waals surface area contributed by atoms with Gasteiger partial charge in [-0.3, -0.25) is 0 Å². The minimum atomic E-state index is 1.23. The highest BCUT2D eigenvalue weighted by molar-refractivity contribution is 7.26. The van der Waals surface area contributed by atoms with Crippen molar-refractivity contribution in [1.29, 1.82) is 0 Å². The minimum Gasteiger partial charge on any atom is -0.135 e. The molecule has 0 nitrogen and oxygen atoms in total. The lowest BCUT2D eigenvalue weighted by molar-refractivity contribution is 1.63. The van der Waals surface area contributed by atoms with Crippen LogP contribution >= 0.6 is 11.3 Å². The second-order valence-electron chi connectivity index (χ2n) is 12.5. The summed E-state index contributed by atoms with van der Waals surface area (Å²) in [6.45, 7) is 0. The molecule has 10 rings (SSSR count). The summed E-state index contributed by atoms with van der Waals surface area (Å²) in [5.74, 6) is 0. The van der Waals surface area contributed by atoms with E-state index in [1.807, 2.05) is 11.3 Å². The third kappa shape index (κ3) is 4.14. The van der Waals surface area contributed by atoms with E-state index >= 15 is 0 Å². The Labute approximate surface area is 276 Å². The molecule has 9 aromatic carbocycles. The molecule has 0 fully saturated rings. The maximum atomic E-state index is 2.39. The van der Waals surface area contributed by atoms with Gasteiger partial charge in [-0.25, -0.2) is 0 Å². The zero-order chi connectivity index (χ0) is 30.9. The van der Waals surface area contributed by atoms with E-state index in [2.05, 4.69) is 170 Å². The van der Waals surface area contributed by atoms with Crippen LogP contribution in [0.25, 0.3) is 96.6 Å². The summed E-state index contributed by atoms with van der Waals surface area (Å²) in [6, 6.07) is 62.8. The van der Waals surface area contributed by atoms with Crippen LogP contribution < -0.4 is 0 Å². The highest BCUT2D eigenvalue weighted by Crippen LogP contribution is 2.48. The van der Waals surface area contributed by atoms with Crippen LogP contribution in [0, 0.1) is 0 Å². The Morgan fingerprint density at radius 3 is 1.57 bits per heavy atom. The molecule has 0 atom stereocenters. The van der Waals surface area contributed by atoms with Crippen molar-refractivity contribution in [2.45, 2.75) is 0 Å². The van der Waals surface area contributed by atoms with E-state index in [4.69, 9.17) is 0 Å². The number of rotatable bonds is 3. The molecule has 0 aliphatic heterocycles. The summed E-state index contributed by atoms with van der Waals surface area (Å²) in [5.41, 5.74) is 7.60. The zero-order valence-corrected chi connectivity index (χ0v) is 26.4. The first-order valence-electron chi connectivity index (χ1n) is 16.2. The summed E-state index contributed by atoms with van der Waals surface area (Å²) < 4.78 is 2.66. The fraction of sp³-hybridized carbons (Fsp3) is 0. The van der Waals surface area contributed by atoms with E-state index in [-0.39, 0.29) is 0 Å². The number of hydrogen-bond donors (Lipinski definition) is 0. The van der Waals surface area contributed by atoms with Crippen LogP contribution in [0.2, 0.25) is 0 Å². The predicted molar refractivity (Wildman–Crippen MR) is 206 cm³/mol. The minimum absolute atomic E-state index is 1.23. The van der Waals surface area contributed by atoms with Gasteiger partial charge < -0.3 is 0 Å². The maximum Gasteiger partial charge on any atom is 0.0362 e. The van der Waals surface area contributed by atoms with E-state index in [0.29, 0.717) is 0 Å². The van der Waals surface area contributed by atoms with Gasteiger partial charge in [-0.2, -0.15) is 0 Å². The van der Waals surface area contributed by atoms with Gasteiger partial charge in [0, 0.05) is 20.2 Å². The summed E-state index contributed by atoms with van der Waals surface area (Å²) in [5, 5.41) is 12.9. The van der Waals surface area contributed by atoms with Crippen LogP contribution in [0.15, 0.2) is 170 Å². The van der Waals surface area contributed by atoms with Crippen LogP contribution in [-0.2, 0) is 0 Å². The number of benzene rings is 9. The fourth-order valence-corrected chi connectivity index (χ4v) is 8.84. The molecule has 1 heterocycles. The SMILES string of the molecule is c1cc(-c2ccc3ccccc3c2)cc(-c2c3ccccc3c(-c3cccc4sc5cc6ccccc6cc5c34)c3ccccc23)c1. The molecule has 47 heavy (non-hydrogen) atoms. The highest BCUT2D eigenvalue weighted by Gasteiger charge is 2.20. The molecule has 0 aliphatic rings. The van der Waals surface area contributed by atoms with Gasteiger partial charge in [0.2, 0.25) is 0 Å². The van der Waals surface area contributed by atoms with Gasteiger partial charge in [-0.15, -0.1) is 11.3 Å². The first-order valence-corrected chi connectivity index (χ1v) is 17.0. The van der Waals surface area contributed by atoms with Gasteiger partial charge in [0.05, 0.1) is 0 Å². The van der Waals surface area contributed by atoms with Crippen LogP contribution in [0.1, 0.15) is 0 Å². The third-order valence-corrected chi connectivity index (χ3v) is 10.9. The molecule has 0 radical (unpaired) electrons. The van der Waals surface area contributed by atoms with Crippen LogP contribution in [0.3, 0.4) is 0 Å². The molecule has 0 N–H and O–H groups in total. The molecular formula is C46H28S. The quantitative estimate of drug-likeness (QED) is 0.174. The van der Waals surface area contributed by atoms with Gasteiger partial charge in [0.1, 0.15) is 0 Å². The van der Waals surface area contributed by atoms with Crippen molar-refractivity contribution >= 4 is 74.6 Å². The Morgan fingerprint density at radius 2 is 0.851 bits per heavy atom. The normalized spacial score (nSPS) is 11.8. The van der Waals surface area contributed by atoms with Crippen LogP contribution in [0.4, 0.5) is 0 Å². The lowest BCUT2D eigenvalue weighted by Gasteiger charge is -2.19. The number of thiophene rings is 1. The van der Waals surface area contributed by atoms with Gasteiger partial charge in [0.15, 0.2) is 0 Å². The van der Waals surface area contributed by atoms with E-state index in [1.54, 1.807) is 0 Å². The Balaban J connectivity index is 1.26. The molecular weight excluding hydrogens is 585 g/mol. The maximum absolute atomic E-state index is 2.39. The molecule has 0 unspecified atom stereocenters. The molecule has 0 bridgehead atoms. The van der Waals surface area contributed by atoms with Crippen molar-refractivity contribution in [2.24, 2.45) is 0 Å². The number of fused-ring (bicyclic) bond motifs is 7. The van der Waals surface area contributed by atoms with Gasteiger partial charge >= 0.3 is 0 Å². The van der Waals surface area contributed by atoms with Crippen molar-refractivity contribution in [3.8, 4) is 33.4 Å². The molecule has 0 aliphatic carbocycles. The Hall–Kier alpha value is -5.76. The number of hydrogen-bond acceptors (Lipinski definition) is 1. The topological polar surface area (TPSA) is 0 Å². The monoisotopic (exact) mass is 612 g/mol. The van der Waals surface area contributed by atoms with Crippen LogP contribution in [0.5, 0.6) is 0 Å². The van der Waals surface area contributed by atoms with Crippen molar-refractivity contribution in [3.05, 3.63) is 170 Å². The fourth-order valence-electron chi connectivity index (χ4n) is 7.67. The molecule has 0 spiro atoms. The summed E-state index contributed by atoms with van der Waals surface area (Å²) in [7, 11) is 0. The summed E-state index contributed by atoms with van der Waals surface area (Å²) in [4.78, 5) is 0. The second kappa shape index (κ2) is 10.4. The van der Waals surface area contributed by atoms with Crippen molar-refractivity contribution in [1.82, 2.24) is 0 Å². The van der Waals surface area contributed by atoms with Crippen LogP contribution in [-0.4, -0.2) is 0 Å². The van der Waals surface area contributed by atoms with E-state index in [1.165, 1.54) is 96.6 Å². The lowest BCUT2D eigenvalue weighted by atomic mass is 9.84. The van der Waals surface area contributed by atoms with Gasteiger partial charge in [-0.05, 0) is 107 Å². The molecule has 0 saturated heterocycles. The van der Waals surface area contributed by atoms with Crippen molar-refractivity contribution in [3.63, 3.8) is 0 Å². The van der Waals surface area contributed by atoms with E-state index in [9.17, 15) is 0 Å². The molecule has 1 aromatic heterocycles. The summed E-state index contributed by atoms with van der Waals surface area (Å²) >= 11 is 1.90. The smallest absolute Gasteiger partial charge is 0.0362 e. The van der Waals surface area contributed by atoms with Crippen molar-refractivity contribution < 1.29 is 0 Å². The van der Waals surface area contributed by atoms with E-state index < -0.39 is 0 Å². The Kier molecular flexibility index (Phi) is 5.85. The van der Waals surface area contributed by atoms with Gasteiger partial charge in [-0.1, -0.05) is 140 Å². The largest absolute Gasteiger partial charge is 0.135 e. The highest BCUT2D eigenvalue weighted by atomic mass is 32.1. The van der Waals surface area contributed by atoms with E-state index in [0.717, 1.165) is 0 Å². The summed E-state index contributed by atoms with van der Waals surface area (Å²) in [6.07, 6.45) is 0. The molecule has 0 amide bonds.